The quantitative estimate of drug-likeness (QED) is 0.346. The lowest BCUT2D eigenvalue weighted by Crippen LogP contribution is -2.44. The van der Waals surface area contributed by atoms with Crippen LogP contribution in [-0.4, -0.2) is 55.0 Å². The van der Waals surface area contributed by atoms with Gasteiger partial charge in [-0.15, -0.1) is 0 Å². The maximum Gasteiger partial charge on any atom is 0.186 e. The van der Waals surface area contributed by atoms with Crippen molar-refractivity contribution in [1.82, 2.24) is 0 Å². The Bertz CT molecular complexity index is 1160. The lowest BCUT2D eigenvalue weighted by atomic mass is 10.0. The molecular formula is C31H41N2O4+. The number of hydrogen-bond donors (Lipinski definition) is 2. The molecule has 0 bridgehead atoms. The van der Waals surface area contributed by atoms with E-state index in [1.54, 1.807) is 0 Å². The normalized spacial score (nSPS) is 21.8. The Labute approximate surface area is 220 Å². The first-order valence-corrected chi connectivity index (χ1v) is 13.5. The molecule has 1 aromatic heterocycles. The Balaban J connectivity index is 1.40. The lowest BCUT2D eigenvalue weighted by molar-refractivity contribution is -0.704. The molecule has 1 fully saturated rings. The van der Waals surface area contributed by atoms with Gasteiger partial charge in [0.05, 0.1) is 0 Å². The van der Waals surface area contributed by atoms with Crippen LogP contribution in [0.5, 0.6) is 0 Å². The van der Waals surface area contributed by atoms with Crippen molar-refractivity contribution < 1.29 is 24.3 Å². The number of unbranched alkanes of at least 4 members (excludes halogenated alkanes) is 2. The molecule has 0 radical (unpaired) electrons. The van der Waals surface area contributed by atoms with Crippen molar-refractivity contribution in [3.8, 4) is 0 Å². The van der Waals surface area contributed by atoms with Gasteiger partial charge < -0.3 is 24.6 Å². The molecule has 3 aromatic rings. The van der Waals surface area contributed by atoms with Crippen LogP contribution in [0.25, 0.3) is 22.9 Å². The van der Waals surface area contributed by atoms with Gasteiger partial charge in [0.15, 0.2) is 25.2 Å². The van der Waals surface area contributed by atoms with Crippen molar-refractivity contribution in [2.24, 2.45) is 0 Å². The SMILES string of the molecule is CCCCN(CCCC)c1ccc2cc(/C=C/c3cc[n+](C[C@H]4O[C@@H](OC)[C@H](O)[C@@H]4O)cc3)ccc2c1. The maximum absolute atomic E-state index is 10.2. The van der Waals surface area contributed by atoms with E-state index >= 15 is 0 Å². The number of aliphatic hydroxyl groups excluding tert-OH is 2. The van der Waals surface area contributed by atoms with Crippen molar-refractivity contribution in [1.29, 1.82) is 0 Å². The number of aliphatic hydroxyl groups is 2. The number of aromatic nitrogens is 1. The van der Waals surface area contributed by atoms with Gasteiger partial charge in [0.2, 0.25) is 0 Å². The second kappa shape index (κ2) is 13.2. The van der Waals surface area contributed by atoms with Crippen LogP contribution in [0.4, 0.5) is 5.69 Å². The Hall–Kier alpha value is -2.77. The third-order valence-corrected chi connectivity index (χ3v) is 7.10. The zero-order valence-electron chi connectivity index (χ0n) is 22.3. The van der Waals surface area contributed by atoms with E-state index in [9.17, 15) is 10.2 Å². The van der Waals surface area contributed by atoms with E-state index in [1.807, 2.05) is 29.1 Å². The minimum atomic E-state index is -1.03. The maximum atomic E-state index is 10.2. The molecule has 0 amide bonds. The highest BCUT2D eigenvalue weighted by molar-refractivity contribution is 5.88. The molecule has 4 atom stereocenters. The third-order valence-electron chi connectivity index (χ3n) is 7.10. The van der Waals surface area contributed by atoms with Crippen LogP contribution in [0.15, 0.2) is 60.9 Å². The molecule has 4 rings (SSSR count). The van der Waals surface area contributed by atoms with Crippen LogP contribution < -0.4 is 9.47 Å². The number of ether oxygens (including phenoxy) is 2. The molecule has 1 aliphatic heterocycles. The summed E-state index contributed by atoms with van der Waals surface area (Å²) in [5.74, 6) is 0. The first-order chi connectivity index (χ1) is 18.0. The summed E-state index contributed by atoms with van der Waals surface area (Å²) in [7, 11) is 1.46. The Morgan fingerprint density at radius 3 is 2.16 bits per heavy atom. The summed E-state index contributed by atoms with van der Waals surface area (Å²) < 4.78 is 12.6. The predicted molar refractivity (Wildman–Crippen MR) is 149 cm³/mol. The lowest BCUT2D eigenvalue weighted by Gasteiger charge is -2.25. The summed E-state index contributed by atoms with van der Waals surface area (Å²) in [5, 5.41) is 22.7. The van der Waals surface area contributed by atoms with E-state index in [4.69, 9.17) is 9.47 Å². The first-order valence-electron chi connectivity index (χ1n) is 13.5. The summed E-state index contributed by atoms with van der Waals surface area (Å²) in [6, 6.07) is 17.5. The highest BCUT2D eigenvalue weighted by atomic mass is 16.7. The Morgan fingerprint density at radius 2 is 1.51 bits per heavy atom. The Morgan fingerprint density at radius 1 is 0.865 bits per heavy atom. The van der Waals surface area contributed by atoms with Crippen molar-refractivity contribution in [2.75, 3.05) is 25.1 Å². The number of hydrogen-bond acceptors (Lipinski definition) is 5. The van der Waals surface area contributed by atoms with E-state index in [-0.39, 0.29) is 0 Å². The summed E-state index contributed by atoms with van der Waals surface area (Å²) in [5.41, 5.74) is 3.56. The summed E-state index contributed by atoms with van der Waals surface area (Å²) in [6.07, 6.45) is 9.68. The number of anilines is 1. The molecule has 198 valence electrons. The summed E-state index contributed by atoms with van der Waals surface area (Å²) >= 11 is 0. The standard InChI is InChI=1S/C31H41N2O4/c1-4-6-16-33(17-7-5-2)27-13-12-25-20-24(10-11-26(25)21-27)9-8-23-14-18-32(19-15-23)22-28-29(34)30(35)31(36-3)37-28/h8-15,18-21,28-31,34-35H,4-7,16-17,22H2,1-3H3/q+1/t28-,29-,30-,31-/m1/s1. The van der Waals surface area contributed by atoms with Gasteiger partial charge in [0, 0.05) is 38.0 Å². The van der Waals surface area contributed by atoms with Crippen LogP contribution in [0.3, 0.4) is 0 Å². The second-order valence-electron chi connectivity index (χ2n) is 9.91. The highest BCUT2D eigenvalue weighted by Crippen LogP contribution is 2.25. The summed E-state index contributed by atoms with van der Waals surface area (Å²) in [4.78, 5) is 2.53. The van der Waals surface area contributed by atoms with Crippen molar-refractivity contribution in [3.63, 3.8) is 0 Å². The first kappa shape index (κ1) is 27.3. The van der Waals surface area contributed by atoms with Gasteiger partial charge in [-0.25, -0.2) is 4.57 Å². The molecule has 1 aliphatic rings. The van der Waals surface area contributed by atoms with Crippen LogP contribution in [-0.2, 0) is 16.0 Å². The smallest absolute Gasteiger partial charge is 0.186 e. The monoisotopic (exact) mass is 505 g/mol. The van der Waals surface area contributed by atoms with Gasteiger partial charge in [-0.2, -0.15) is 0 Å². The molecule has 6 nitrogen and oxygen atoms in total. The number of rotatable bonds is 12. The van der Waals surface area contributed by atoms with Crippen molar-refractivity contribution >= 4 is 28.6 Å². The van der Waals surface area contributed by atoms with Gasteiger partial charge in [0.25, 0.3) is 0 Å². The molecule has 0 saturated carbocycles. The fourth-order valence-corrected chi connectivity index (χ4v) is 4.78. The van der Waals surface area contributed by atoms with Gasteiger partial charge in [0.1, 0.15) is 18.3 Å². The fourth-order valence-electron chi connectivity index (χ4n) is 4.78. The average Bonchev–Trinajstić information content (AvgIpc) is 3.20. The molecule has 6 heteroatoms. The third kappa shape index (κ3) is 6.96. The predicted octanol–water partition coefficient (Wildman–Crippen LogP) is 4.80. The largest absolute Gasteiger partial charge is 0.387 e. The van der Waals surface area contributed by atoms with Crippen molar-refractivity contribution in [3.05, 3.63) is 72.1 Å². The number of pyridine rings is 1. The Kier molecular flexibility index (Phi) is 9.69. The topological polar surface area (TPSA) is 66.0 Å². The molecule has 1 saturated heterocycles. The second-order valence-corrected chi connectivity index (χ2v) is 9.91. The van der Waals surface area contributed by atoms with E-state index in [0.29, 0.717) is 6.54 Å². The van der Waals surface area contributed by atoms with Crippen LogP contribution in [0.2, 0.25) is 0 Å². The molecule has 2 heterocycles. The molecule has 37 heavy (non-hydrogen) atoms. The van der Waals surface area contributed by atoms with Gasteiger partial charge >= 0.3 is 0 Å². The van der Waals surface area contributed by atoms with Gasteiger partial charge in [-0.05, 0) is 52.9 Å². The molecule has 0 spiro atoms. The van der Waals surface area contributed by atoms with E-state index in [0.717, 1.165) is 24.2 Å². The average molecular weight is 506 g/mol. The molecule has 2 N–H and O–H groups in total. The van der Waals surface area contributed by atoms with E-state index in [2.05, 4.69) is 67.3 Å². The minimum Gasteiger partial charge on any atom is -0.387 e. The van der Waals surface area contributed by atoms with Gasteiger partial charge in [-0.1, -0.05) is 57.0 Å². The van der Waals surface area contributed by atoms with Gasteiger partial charge in [-0.3, -0.25) is 0 Å². The summed E-state index contributed by atoms with van der Waals surface area (Å²) in [6.45, 7) is 7.16. The van der Waals surface area contributed by atoms with E-state index in [1.165, 1.54) is 49.3 Å². The number of nitrogens with zero attached hydrogens (tertiary/aromatic N) is 2. The van der Waals surface area contributed by atoms with Crippen molar-refractivity contribution in [2.45, 2.75) is 70.7 Å². The molecule has 0 unspecified atom stereocenters. The van der Waals surface area contributed by atoms with Crippen LogP contribution in [0.1, 0.15) is 50.7 Å². The van der Waals surface area contributed by atoms with Crippen LogP contribution >= 0.6 is 0 Å². The molecular weight excluding hydrogens is 464 g/mol. The zero-order chi connectivity index (χ0) is 26.2. The molecule has 2 aromatic carbocycles. The fraction of sp³-hybridized carbons (Fsp3) is 0.452. The van der Waals surface area contributed by atoms with Crippen LogP contribution in [0, 0.1) is 0 Å². The van der Waals surface area contributed by atoms with E-state index < -0.39 is 24.6 Å². The number of methoxy groups -OCH3 is 1. The zero-order valence-corrected chi connectivity index (χ0v) is 22.3. The number of benzene rings is 2. The minimum absolute atomic E-state index is 0.434. The number of fused-ring (bicyclic) bond motifs is 1. The molecule has 0 aliphatic carbocycles. The highest BCUT2D eigenvalue weighted by Gasteiger charge is 2.44.